The van der Waals surface area contributed by atoms with Gasteiger partial charge in [0.1, 0.15) is 18.4 Å². The van der Waals surface area contributed by atoms with E-state index in [1.54, 1.807) is 60.9 Å². The van der Waals surface area contributed by atoms with E-state index in [9.17, 15) is 23.2 Å². The lowest BCUT2D eigenvalue weighted by atomic mass is 10.1. The number of benzene rings is 3. The molecular formula is C27H24ClN3O6S. The number of hydrogen-bond acceptors (Lipinski definition) is 6. The van der Waals surface area contributed by atoms with Crippen LogP contribution in [0.5, 0.6) is 5.75 Å². The lowest BCUT2D eigenvalue weighted by Crippen LogP contribution is -2.53. The third kappa shape index (κ3) is 5.51. The topological polar surface area (TPSA) is 116 Å². The number of rotatable bonds is 6. The summed E-state index contributed by atoms with van der Waals surface area (Å²) in [5.41, 5.74) is 2.65. The quantitative estimate of drug-likeness (QED) is 0.274. The molecule has 196 valence electrons. The van der Waals surface area contributed by atoms with Gasteiger partial charge in [-0.05, 0) is 55.0 Å². The third-order valence-corrected chi connectivity index (χ3v) is 8.19. The average Bonchev–Trinajstić information content (AvgIpc) is 3.11. The van der Waals surface area contributed by atoms with Crippen molar-refractivity contribution in [3.63, 3.8) is 0 Å². The Morgan fingerprint density at radius 3 is 2.45 bits per heavy atom. The van der Waals surface area contributed by atoms with Crippen molar-refractivity contribution in [1.29, 1.82) is 0 Å². The largest absolute Gasteiger partial charge is 0.481 e. The zero-order valence-electron chi connectivity index (χ0n) is 20.3. The van der Waals surface area contributed by atoms with Crippen LogP contribution in [-0.4, -0.2) is 48.9 Å². The highest BCUT2D eigenvalue weighted by Crippen LogP contribution is 2.33. The van der Waals surface area contributed by atoms with Crippen LogP contribution in [-0.2, 0) is 21.4 Å². The second-order valence-electron chi connectivity index (χ2n) is 8.25. The molecule has 2 N–H and O–H groups in total. The van der Waals surface area contributed by atoms with Crippen molar-refractivity contribution >= 4 is 39.1 Å². The molecule has 3 aromatic rings. The van der Waals surface area contributed by atoms with Gasteiger partial charge < -0.3 is 9.64 Å². The molecule has 0 bridgehead atoms. The summed E-state index contributed by atoms with van der Waals surface area (Å²) in [5, 5.41) is 9.71. The summed E-state index contributed by atoms with van der Waals surface area (Å²) >= 11 is 6.28. The van der Waals surface area contributed by atoms with Gasteiger partial charge in [0.15, 0.2) is 0 Å². The molecule has 4 rings (SSSR count). The number of para-hydroxylation sites is 1. The highest BCUT2D eigenvalue weighted by atomic mass is 35.5. The molecule has 0 radical (unpaired) electrons. The molecule has 1 aliphatic heterocycles. The second-order valence-corrected chi connectivity index (χ2v) is 10.6. The van der Waals surface area contributed by atoms with E-state index in [2.05, 4.69) is 11.8 Å². The second kappa shape index (κ2) is 11.7. The average molecular weight is 554 g/mol. The van der Waals surface area contributed by atoms with Crippen molar-refractivity contribution in [2.45, 2.75) is 24.4 Å². The molecule has 0 saturated heterocycles. The van der Waals surface area contributed by atoms with Gasteiger partial charge in [0.05, 0.1) is 22.0 Å². The summed E-state index contributed by atoms with van der Waals surface area (Å²) in [4.78, 5) is 27.7. The Labute approximate surface area is 225 Å². The molecule has 11 heteroatoms. The van der Waals surface area contributed by atoms with Gasteiger partial charge in [-0.2, -0.15) is 4.31 Å². The number of carbonyl (C=O) groups excluding carboxylic acids is 2. The van der Waals surface area contributed by atoms with Crippen LogP contribution in [0.2, 0.25) is 5.02 Å². The molecule has 0 saturated carbocycles. The first kappa shape index (κ1) is 27.2. The van der Waals surface area contributed by atoms with Crippen molar-refractivity contribution in [2.24, 2.45) is 0 Å². The van der Waals surface area contributed by atoms with Crippen LogP contribution < -0.4 is 15.1 Å². The lowest BCUT2D eigenvalue weighted by Gasteiger charge is -2.29. The summed E-state index contributed by atoms with van der Waals surface area (Å²) in [6.45, 7) is 1.23. The highest BCUT2D eigenvalue weighted by molar-refractivity contribution is 7.89. The van der Waals surface area contributed by atoms with E-state index in [0.717, 1.165) is 4.31 Å². The summed E-state index contributed by atoms with van der Waals surface area (Å²) in [6, 6.07) is 17.4. The first-order valence-electron chi connectivity index (χ1n) is 11.5. The zero-order valence-corrected chi connectivity index (χ0v) is 21.9. The van der Waals surface area contributed by atoms with Gasteiger partial charge in [-0.3, -0.25) is 14.8 Å². The number of fused-ring (bicyclic) bond motifs is 1. The van der Waals surface area contributed by atoms with Crippen LogP contribution in [0, 0.1) is 11.8 Å². The van der Waals surface area contributed by atoms with Crippen LogP contribution >= 0.6 is 11.6 Å². The number of nitrogens with one attached hydrogen (secondary N) is 1. The summed E-state index contributed by atoms with van der Waals surface area (Å²) < 4.78 is 34.1. The fraction of sp³-hybridized carbons (Fsp3) is 0.185. The van der Waals surface area contributed by atoms with E-state index in [-0.39, 0.29) is 35.2 Å². The molecule has 2 amide bonds. The van der Waals surface area contributed by atoms with E-state index in [4.69, 9.17) is 16.3 Å². The monoisotopic (exact) mass is 553 g/mol. The SMILES string of the molecule is CC#CCOc1ccc(S(=O)(=O)N2Cc3ccccc3N(C(=O)c3ccccc3Cl)CC2C(=O)NO)cc1. The summed E-state index contributed by atoms with van der Waals surface area (Å²) in [6.07, 6.45) is 0. The predicted molar refractivity (Wildman–Crippen MR) is 141 cm³/mol. The van der Waals surface area contributed by atoms with E-state index >= 15 is 0 Å². The minimum atomic E-state index is -4.28. The Hall–Kier alpha value is -3.88. The number of hydroxylamine groups is 1. The normalized spacial score (nSPS) is 15.4. The van der Waals surface area contributed by atoms with Crippen molar-refractivity contribution in [3.05, 3.63) is 88.9 Å². The number of hydrogen-bond donors (Lipinski definition) is 2. The first-order chi connectivity index (χ1) is 18.3. The Morgan fingerprint density at radius 1 is 1.08 bits per heavy atom. The summed E-state index contributed by atoms with van der Waals surface area (Å²) in [7, 11) is -4.28. The number of sulfonamides is 1. The molecular weight excluding hydrogens is 530 g/mol. The van der Waals surface area contributed by atoms with Gasteiger partial charge in [0, 0.05) is 12.2 Å². The van der Waals surface area contributed by atoms with Crippen LogP contribution in [0.15, 0.2) is 77.7 Å². The highest BCUT2D eigenvalue weighted by Gasteiger charge is 2.41. The lowest BCUT2D eigenvalue weighted by molar-refractivity contribution is -0.133. The maximum Gasteiger partial charge on any atom is 0.263 e. The van der Waals surface area contributed by atoms with Gasteiger partial charge >= 0.3 is 0 Å². The Balaban J connectivity index is 1.76. The molecule has 9 nitrogen and oxygen atoms in total. The molecule has 1 atom stereocenters. The maximum atomic E-state index is 13.8. The Morgan fingerprint density at radius 2 is 1.76 bits per heavy atom. The van der Waals surface area contributed by atoms with E-state index in [1.807, 2.05) is 0 Å². The number of nitrogens with zero attached hydrogens (tertiary/aromatic N) is 2. The first-order valence-corrected chi connectivity index (χ1v) is 13.3. The summed E-state index contributed by atoms with van der Waals surface area (Å²) in [5.74, 6) is 4.38. The van der Waals surface area contributed by atoms with Crippen LogP contribution in [0.4, 0.5) is 5.69 Å². The van der Waals surface area contributed by atoms with Gasteiger partial charge in [-0.15, -0.1) is 5.92 Å². The van der Waals surface area contributed by atoms with Crippen molar-refractivity contribution < 1.29 is 28.0 Å². The molecule has 0 spiro atoms. The molecule has 0 aromatic heterocycles. The molecule has 38 heavy (non-hydrogen) atoms. The number of amides is 2. The van der Waals surface area contributed by atoms with E-state index < -0.39 is 27.9 Å². The minimum absolute atomic E-state index is 0.0921. The number of halogens is 1. The third-order valence-electron chi connectivity index (χ3n) is 5.99. The molecule has 1 aliphatic rings. The minimum Gasteiger partial charge on any atom is -0.481 e. The number of ether oxygens (including phenoxy) is 1. The molecule has 1 heterocycles. The van der Waals surface area contributed by atoms with E-state index in [1.165, 1.54) is 29.2 Å². The van der Waals surface area contributed by atoms with Crippen molar-refractivity contribution in [1.82, 2.24) is 9.79 Å². The zero-order chi connectivity index (χ0) is 27.3. The van der Waals surface area contributed by atoms with Gasteiger partial charge in [0.2, 0.25) is 10.0 Å². The predicted octanol–water partition coefficient (Wildman–Crippen LogP) is 3.47. The maximum absolute atomic E-state index is 13.8. The fourth-order valence-corrected chi connectivity index (χ4v) is 5.87. The van der Waals surface area contributed by atoms with E-state index in [0.29, 0.717) is 17.0 Å². The van der Waals surface area contributed by atoms with Crippen molar-refractivity contribution in [3.8, 4) is 17.6 Å². The molecule has 3 aromatic carbocycles. The van der Waals surface area contributed by atoms with Gasteiger partial charge in [-0.25, -0.2) is 13.9 Å². The molecule has 1 unspecified atom stereocenters. The molecule has 0 aliphatic carbocycles. The smallest absolute Gasteiger partial charge is 0.263 e. The Kier molecular flexibility index (Phi) is 8.34. The standard InChI is InChI=1S/C27H24ClN3O6S/c1-2-3-16-37-20-12-14-21(15-13-20)38(35,36)31-17-19-8-4-7-11-24(19)30(18-25(31)26(32)29-34)27(33)22-9-5-6-10-23(22)28/h4-15,25,34H,16-18H2,1H3,(H,29,32). The van der Waals surface area contributed by atoms with Crippen LogP contribution in [0.3, 0.4) is 0 Å². The number of anilines is 1. The van der Waals surface area contributed by atoms with Gasteiger partial charge in [0.25, 0.3) is 11.8 Å². The Bertz CT molecular complexity index is 1520. The molecule has 0 fully saturated rings. The van der Waals surface area contributed by atoms with Crippen LogP contribution in [0.1, 0.15) is 22.8 Å². The van der Waals surface area contributed by atoms with Crippen LogP contribution in [0.25, 0.3) is 0 Å². The fourth-order valence-electron chi connectivity index (χ4n) is 4.10. The number of carbonyl (C=O) groups is 2. The van der Waals surface area contributed by atoms with Crippen molar-refractivity contribution in [2.75, 3.05) is 18.1 Å². The van der Waals surface area contributed by atoms with Gasteiger partial charge in [-0.1, -0.05) is 47.9 Å².